The van der Waals surface area contributed by atoms with Crippen LogP contribution < -0.4 is 4.90 Å². The highest BCUT2D eigenvalue weighted by molar-refractivity contribution is 5.95. The Hall–Kier alpha value is -1.35. The number of fused-ring (bicyclic) bond motifs is 1. The van der Waals surface area contributed by atoms with Gasteiger partial charge in [-0.2, -0.15) is 0 Å². The summed E-state index contributed by atoms with van der Waals surface area (Å²) in [6.45, 7) is 6.05. The van der Waals surface area contributed by atoms with Gasteiger partial charge in [-0.3, -0.25) is 4.79 Å². The van der Waals surface area contributed by atoms with Crippen molar-refractivity contribution >= 4 is 11.6 Å². The van der Waals surface area contributed by atoms with E-state index in [4.69, 9.17) is 4.74 Å². The topological polar surface area (TPSA) is 29.5 Å². The minimum Gasteiger partial charge on any atom is -0.381 e. The predicted octanol–water partition coefficient (Wildman–Crippen LogP) is 2.70. The Labute approximate surface area is 109 Å². The first-order valence-corrected chi connectivity index (χ1v) is 6.70. The van der Waals surface area contributed by atoms with E-state index >= 15 is 0 Å². The van der Waals surface area contributed by atoms with Crippen LogP contribution in [0.1, 0.15) is 30.9 Å². The molecule has 3 nitrogen and oxygen atoms in total. The largest absolute Gasteiger partial charge is 0.381 e. The van der Waals surface area contributed by atoms with E-state index in [1.807, 2.05) is 11.8 Å². The van der Waals surface area contributed by atoms with Crippen LogP contribution in [0.15, 0.2) is 18.2 Å². The Balaban J connectivity index is 2.14. The average Bonchev–Trinajstić information content (AvgIpc) is 2.38. The lowest BCUT2D eigenvalue weighted by molar-refractivity contribution is -0.119. The summed E-state index contributed by atoms with van der Waals surface area (Å²) in [5, 5.41) is 0. The standard InChI is InChI=1S/C15H21NO2/c1-3-18-11-9-14(17)16-10-5-8-13-7-4-6-12(2)15(13)16/h4,6-7H,3,5,8-11H2,1-2H3. The number of carbonyl (C=O) groups excluding carboxylic acids is 1. The molecule has 1 aromatic carbocycles. The Morgan fingerprint density at radius 1 is 1.44 bits per heavy atom. The molecule has 0 atom stereocenters. The van der Waals surface area contributed by atoms with Crippen LogP contribution in [0, 0.1) is 6.92 Å². The number of rotatable bonds is 4. The molecule has 2 rings (SSSR count). The molecule has 0 bridgehead atoms. The highest BCUT2D eigenvalue weighted by Gasteiger charge is 2.23. The van der Waals surface area contributed by atoms with Gasteiger partial charge in [-0.1, -0.05) is 18.2 Å². The van der Waals surface area contributed by atoms with E-state index in [0.717, 1.165) is 25.1 Å². The van der Waals surface area contributed by atoms with Crippen molar-refractivity contribution in [3.63, 3.8) is 0 Å². The normalized spacial score (nSPS) is 14.4. The third-order valence-electron chi connectivity index (χ3n) is 3.38. The Bertz CT molecular complexity index is 429. The van der Waals surface area contributed by atoms with Crippen molar-refractivity contribution in [2.45, 2.75) is 33.1 Å². The van der Waals surface area contributed by atoms with E-state index in [-0.39, 0.29) is 5.91 Å². The molecule has 1 heterocycles. The van der Waals surface area contributed by atoms with Crippen LogP contribution in [0.5, 0.6) is 0 Å². The van der Waals surface area contributed by atoms with Crippen molar-refractivity contribution in [2.24, 2.45) is 0 Å². The second kappa shape index (κ2) is 6.01. The van der Waals surface area contributed by atoms with Crippen LogP contribution in [0.3, 0.4) is 0 Å². The lowest BCUT2D eigenvalue weighted by Crippen LogP contribution is -2.36. The highest BCUT2D eigenvalue weighted by atomic mass is 16.5. The van der Waals surface area contributed by atoms with Gasteiger partial charge in [-0.05, 0) is 37.8 Å². The molecule has 0 aliphatic carbocycles. The number of amides is 1. The quantitative estimate of drug-likeness (QED) is 0.766. The van der Waals surface area contributed by atoms with Crippen LogP contribution in [-0.4, -0.2) is 25.7 Å². The van der Waals surface area contributed by atoms with Gasteiger partial charge in [0, 0.05) is 18.8 Å². The summed E-state index contributed by atoms with van der Waals surface area (Å²) in [6.07, 6.45) is 2.60. The molecule has 98 valence electrons. The molecule has 0 aromatic heterocycles. The summed E-state index contributed by atoms with van der Waals surface area (Å²) in [5.74, 6) is 0.179. The Morgan fingerprint density at radius 2 is 2.28 bits per heavy atom. The van der Waals surface area contributed by atoms with E-state index in [2.05, 4.69) is 25.1 Å². The summed E-state index contributed by atoms with van der Waals surface area (Å²) in [5.41, 5.74) is 3.62. The summed E-state index contributed by atoms with van der Waals surface area (Å²) in [4.78, 5) is 14.2. The summed E-state index contributed by atoms with van der Waals surface area (Å²) < 4.78 is 5.27. The molecule has 3 heteroatoms. The van der Waals surface area contributed by atoms with E-state index in [0.29, 0.717) is 19.6 Å². The predicted molar refractivity (Wildman–Crippen MR) is 73.0 cm³/mol. The summed E-state index contributed by atoms with van der Waals surface area (Å²) in [6, 6.07) is 6.28. The molecule has 0 unspecified atom stereocenters. The van der Waals surface area contributed by atoms with Gasteiger partial charge < -0.3 is 9.64 Å². The molecular formula is C15H21NO2. The van der Waals surface area contributed by atoms with Crippen LogP contribution in [-0.2, 0) is 16.0 Å². The lowest BCUT2D eigenvalue weighted by Gasteiger charge is -2.31. The molecule has 0 N–H and O–H groups in total. The summed E-state index contributed by atoms with van der Waals surface area (Å²) in [7, 11) is 0. The molecule has 1 aliphatic rings. The molecule has 0 saturated heterocycles. The number of carbonyl (C=O) groups is 1. The minimum absolute atomic E-state index is 0.179. The number of aryl methyl sites for hydroxylation is 2. The number of para-hydroxylation sites is 1. The number of anilines is 1. The van der Waals surface area contributed by atoms with Gasteiger partial charge in [0.25, 0.3) is 0 Å². The number of hydrogen-bond acceptors (Lipinski definition) is 2. The van der Waals surface area contributed by atoms with Crippen molar-refractivity contribution in [1.29, 1.82) is 0 Å². The number of benzene rings is 1. The number of nitrogens with zero attached hydrogens (tertiary/aromatic N) is 1. The minimum atomic E-state index is 0.179. The third-order valence-corrected chi connectivity index (χ3v) is 3.38. The van der Waals surface area contributed by atoms with Crippen molar-refractivity contribution in [1.82, 2.24) is 0 Å². The Kier molecular flexibility index (Phi) is 4.37. The molecule has 0 spiro atoms. The smallest absolute Gasteiger partial charge is 0.229 e. The van der Waals surface area contributed by atoms with Gasteiger partial charge in [0.15, 0.2) is 0 Å². The van der Waals surface area contributed by atoms with Gasteiger partial charge in [-0.25, -0.2) is 0 Å². The van der Waals surface area contributed by atoms with E-state index in [1.165, 1.54) is 11.1 Å². The van der Waals surface area contributed by atoms with Gasteiger partial charge >= 0.3 is 0 Å². The fourth-order valence-corrected chi connectivity index (χ4v) is 2.54. The second-order valence-corrected chi connectivity index (χ2v) is 4.68. The van der Waals surface area contributed by atoms with Gasteiger partial charge in [0.05, 0.1) is 13.0 Å². The van der Waals surface area contributed by atoms with Crippen molar-refractivity contribution < 1.29 is 9.53 Å². The fourth-order valence-electron chi connectivity index (χ4n) is 2.54. The van der Waals surface area contributed by atoms with E-state index < -0.39 is 0 Å². The number of ether oxygens (including phenoxy) is 1. The molecule has 1 aromatic rings. The van der Waals surface area contributed by atoms with Crippen molar-refractivity contribution in [3.8, 4) is 0 Å². The molecule has 0 fully saturated rings. The SMILES string of the molecule is CCOCCC(=O)N1CCCc2cccc(C)c21. The first-order chi connectivity index (χ1) is 8.74. The average molecular weight is 247 g/mol. The van der Waals surface area contributed by atoms with Crippen molar-refractivity contribution in [2.75, 3.05) is 24.7 Å². The molecule has 18 heavy (non-hydrogen) atoms. The molecular weight excluding hydrogens is 226 g/mol. The van der Waals surface area contributed by atoms with Crippen molar-refractivity contribution in [3.05, 3.63) is 29.3 Å². The van der Waals surface area contributed by atoms with E-state index in [9.17, 15) is 4.79 Å². The summed E-state index contributed by atoms with van der Waals surface area (Å²) >= 11 is 0. The van der Waals surface area contributed by atoms with Crippen LogP contribution in [0.25, 0.3) is 0 Å². The zero-order valence-electron chi connectivity index (χ0n) is 11.2. The Morgan fingerprint density at radius 3 is 3.06 bits per heavy atom. The first-order valence-electron chi connectivity index (χ1n) is 6.70. The maximum Gasteiger partial charge on any atom is 0.229 e. The number of hydrogen-bond donors (Lipinski definition) is 0. The monoisotopic (exact) mass is 247 g/mol. The first kappa shape index (κ1) is 13.1. The van der Waals surface area contributed by atoms with Gasteiger partial charge in [0.2, 0.25) is 5.91 Å². The van der Waals surface area contributed by atoms with Crippen LogP contribution >= 0.6 is 0 Å². The van der Waals surface area contributed by atoms with Crippen LogP contribution in [0.4, 0.5) is 5.69 Å². The van der Waals surface area contributed by atoms with Gasteiger partial charge in [-0.15, -0.1) is 0 Å². The van der Waals surface area contributed by atoms with E-state index in [1.54, 1.807) is 0 Å². The van der Waals surface area contributed by atoms with Crippen LogP contribution in [0.2, 0.25) is 0 Å². The zero-order chi connectivity index (χ0) is 13.0. The third kappa shape index (κ3) is 2.72. The highest BCUT2D eigenvalue weighted by Crippen LogP contribution is 2.30. The molecule has 1 aliphatic heterocycles. The lowest BCUT2D eigenvalue weighted by atomic mass is 9.98. The molecule has 1 amide bonds. The second-order valence-electron chi connectivity index (χ2n) is 4.68. The fraction of sp³-hybridized carbons (Fsp3) is 0.533. The molecule has 0 saturated carbocycles. The maximum absolute atomic E-state index is 12.2. The zero-order valence-corrected chi connectivity index (χ0v) is 11.2. The maximum atomic E-state index is 12.2. The van der Waals surface area contributed by atoms with Gasteiger partial charge in [0.1, 0.15) is 0 Å². The molecule has 0 radical (unpaired) electrons.